The number of aromatic nitrogens is 3. The Morgan fingerprint density at radius 1 is 1.17 bits per heavy atom. The minimum atomic E-state index is -0.725. The molecular weight excluding hydrogens is 404 g/mol. The number of nitrogens with one attached hydrogen (secondary N) is 1. The molecule has 8 heteroatoms. The number of halogens is 1. The summed E-state index contributed by atoms with van der Waals surface area (Å²) in [6, 6.07) is 14.0. The van der Waals surface area contributed by atoms with Crippen molar-refractivity contribution in [3.05, 3.63) is 91.2 Å². The van der Waals surface area contributed by atoms with E-state index in [2.05, 4.69) is 10.4 Å². The van der Waals surface area contributed by atoms with Crippen molar-refractivity contribution in [3.8, 4) is 5.69 Å². The minimum absolute atomic E-state index is 0.0183. The second-order valence-corrected chi connectivity index (χ2v) is 7.99. The van der Waals surface area contributed by atoms with Gasteiger partial charge in [0, 0.05) is 11.6 Å². The summed E-state index contributed by atoms with van der Waals surface area (Å²) in [4.78, 5) is 38.8. The Morgan fingerprint density at radius 3 is 2.57 bits per heavy atom. The van der Waals surface area contributed by atoms with Gasteiger partial charge in [0.2, 0.25) is 5.69 Å². The third-order valence-corrected chi connectivity index (χ3v) is 5.27. The van der Waals surface area contributed by atoms with Crippen LogP contribution < -0.4 is 16.6 Å². The maximum Gasteiger partial charge on any atom is 0.352 e. The van der Waals surface area contributed by atoms with Gasteiger partial charge in [0.1, 0.15) is 0 Å². The highest BCUT2D eigenvalue weighted by molar-refractivity contribution is 6.30. The summed E-state index contributed by atoms with van der Waals surface area (Å²) in [7, 11) is 0. The van der Waals surface area contributed by atoms with E-state index in [1.807, 2.05) is 19.1 Å². The van der Waals surface area contributed by atoms with Gasteiger partial charge in [-0.25, -0.2) is 4.79 Å². The highest BCUT2D eigenvalue weighted by Crippen LogP contribution is 2.27. The third kappa shape index (κ3) is 4.36. The Morgan fingerprint density at radius 2 is 1.90 bits per heavy atom. The zero-order chi connectivity index (χ0) is 21.3. The van der Waals surface area contributed by atoms with Gasteiger partial charge in [0.25, 0.3) is 11.5 Å². The van der Waals surface area contributed by atoms with Crippen LogP contribution in [0.5, 0.6) is 0 Å². The standard InChI is InChI=1S/C22H21ClN4O3/c1-14-5-9-18(10-6-14)27-22(30)26(13-16-3-2-4-17(23)11-16)21(29)19(25-27)20(28)24-12-15-7-8-15/h2-6,9-11,15H,7-8,12-13H2,1H3,(H,24,28). The Kier molecular flexibility index (Phi) is 5.55. The molecule has 154 valence electrons. The molecule has 1 amide bonds. The van der Waals surface area contributed by atoms with Crippen LogP contribution >= 0.6 is 11.6 Å². The summed E-state index contributed by atoms with van der Waals surface area (Å²) < 4.78 is 2.11. The van der Waals surface area contributed by atoms with Crippen LogP contribution in [0.4, 0.5) is 0 Å². The predicted molar refractivity (Wildman–Crippen MR) is 114 cm³/mol. The lowest BCUT2D eigenvalue weighted by atomic mass is 10.2. The smallest absolute Gasteiger partial charge is 0.350 e. The molecule has 0 saturated heterocycles. The molecule has 1 N–H and O–H groups in total. The number of hydrogen-bond acceptors (Lipinski definition) is 4. The van der Waals surface area contributed by atoms with E-state index in [1.54, 1.807) is 36.4 Å². The number of hydrogen-bond donors (Lipinski definition) is 1. The summed E-state index contributed by atoms with van der Waals surface area (Å²) >= 11 is 6.04. The summed E-state index contributed by atoms with van der Waals surface area (Å²) in [6.07, 6.45) is 2.13. The van der Waals surface area contributed by atoms with Gasteiger partial charge < -0.3 is 5.32 Å². The first-order chi connectivity index (χ1) is 14.4. The fraction of sp³-hybridized carbons (Fsp3) is 0.273. The monoisotopic (exact) mass is 424 g/mol. The largest absolute Gasteiger partial charge is 0.352 e. The molecule has 0 atom stereocenters. The van der Waals surface area contributed by atoms with Gasteiger partial charge in [-0.3, -0.25) is 14.2 Å². The quantitative estimate of drug-likeness (QED) is 0.658. The van der Waals surface area contributed by atoms with E-state index in [-0.39, 0.29) is 12.2 Å². The normalized spacial score (nSPS) is 13.3. The highest BCUT2D eigenvalue weighted by atomic mass is 35.5. The average molecular weight is 425 g/mol. The summed E-state index contributed by atoms with van der Waals surface area (Å²) in [6.45, 7) is 2.41. The second-order valence-electron chi connectivity index (χ2n) is 7.55. The van der Waals surface area contributed by atoms with Crippen LogP contribution in [-0.2, 0) is 6.54 Å². The fourth-order valence-corrected chi connectivity index (χ4v) is 3.32. The van der Waals surface area contributed by atoms with Crippen molar-refractivity contribution in [3.63, 3.8) is 0 Å². The van der Waals surface area contributed by atoms with Crippen molar-refractivity contribution in [2.45, 2.75) is 26.3 Å². The van der Waals surface area contributed by atoms with Crippen LogP contribution in [0.25, 0.3) is 5.69 Å². The van der Waals surface area contributed by atoms with E-state index in [1.165, 1.54) is 0 Å². The fourth-order valence-electron chi connectivity index (χ4n) is 3.11. The molecule has 1 heterocycles. The Bertz CT molecular complexity index is 1210. The van der Waals surface area contributed by atoms with Crippen LogP contribution in [0.3, 0.4) is 0 Å². The van der Waals surface area contributed by atoms with Crippen molar-refractivity contribution in [1.82, 2.24) is 19.7 Å². The van der Waals surface area contributed by atoms with Gasteiger partial charge in [-0.05, 0) is 55.5 Å². The number of carbonyl (C=O) groups excluding carboxylic acids is 1. The Balaban J connectivity index is 1.81. The maximum absolute atomic E-state index is 13.1. The van der Waals surface area contributed by atoms with Gasteiger partial charge in [-0.2, -0.15) is 9.78 Å². The topological polar surface area (TPSA) is 86.0 Å². The summed E-state index contributed by atoms with van der Waals surface area (Å²) in [5.74, 6) is -0.127. The lowest BCUT2D eigenvalue weighted by Gasteiger charge is -2.12. The number of carbonyl (C=O) groups is 1. The predicted octanol–water partition coefficient (Wildman–Crippen LogP) is 2.54. The van der Waals surface area contributed by atoms with E-state index in [9.17, 15) is 14.4 Å². The van der Waals surface area contributed by atoms with Crippen LogP contribution in [-0.4, -0.2) is 26.8 Å². The molecular formula is C22H21ClN4O3. The van der Waals surface area contributed by atoms with Gasteiger partial charge >= 0.3 is 5.69 Å². The molecule has 1 aliphatic rings. The molecule has 1 saturated carbocycles. The molecule has 1 aromatic heterocycles. The van der Waals surface area contributed by atoms with Crippen molar-refractivity contribution in [1.29, 1.82) is 0 Å². The lowest BCUT2D eigenvalue weighted by molar-refractivity contribution is 0.0942. The second kappa shape index (κ2) is 8.28. The van der Waals surface area contributed by atoms with E-state index in [4.69, 9.17) is 11.6 Å². The molecule has 0 radical (unpaired) electrons. The number of nitrogens with zero attached hydrogens (tertiary/aromatic N) is 3. The van der Waals surface area contributed by atoms with Crippen LogP contribution in [0.15, 0.2) is 58.1 Å². The van der Waals surface area contributed by atoms with E-state index >= 15 is 0 Å². The average Bonchev–Trinajstić information content (AvgIpc) is 3.55. The van der Waals surface area contributed by atoms with E-state index in [0.29, 0.717) is 28.7 Å². The highest BCUT2D eigenvalue weighted by Gasteiger charge is 2.25. The summed E-state index contributed by atoms with van der Waals surface area (Å²) in [5, 5.41) is 7.38. The minimum Gasteiger partial charge on any atom is -0.350 e. The van der Waals surface area contributed by atoms with Crippen LogP contribution in [0, 0.1) is 12.8 Å². The number of amides is 1. The molecule has 0 bridgehead atoms. The molecule has 0 spiro atoms. The zero-order valence-electron chi connectivity index (χ0n) is 16.5. The molecule has 1 aliphatic carbocycles. The number of aryl methyl sites for hydroxylation is 1. The van der Waals surface area contributed by atoms with Gasteiger partial charge in [-0.1, -0.05) is 41.4 Å². The van der Waals surface area contributed by atoms with Crippen molar-refractivity contribution >= 4 is 17.5 Å². The molecule has 1 fully saturated rings. The molecule has 7 nitrogen and oxygen atoms in total. The molecule has 3 aromatic rings. The van der Waals surface area contributed by atoms with E-state index in [0.717, 1.165) is 27.7 Å². The first-order valence-electron chi connectivity index (χ1n) is 9.76. The summed E-state index contributed by atoms with van der Waals surface area (Å²) in [5.41, 5.74) is 0.507. The molecule has 0 aliphatic heterocycles. The van der Waals surface area contributed by atoms with Crippen molar-refractivity contribution < 1.29 is 4.79 Å². The third-order valence-electron chi connectivity index (χ3n) is 5.03. The first-order valence-corrected chi connectivity index (χ1v) is 10.1. The molecule has 4 rings (SSSR count). The molecule has 0 unspecified atom stereocenters. The van der Waals surface area contributed by atoms with Crippen molar-refractivity contribution in [2.24, 2.45) is 5.92 Å². The zero-order valence-corrected chi connectivity index (χ0v) is 17.2. The SMILES string of the molecule is Cc1ccc(-n2nc(C(=O)NCC3CC3)c(=O)n(Cc3cccc(Cl)c3)c2=O)cc1. The van der Waals surface area contributed by atoms with Gasteiger partial charge in [0.15, 0.2) is 0 Å². The van der Waals surface area contributed by atoms with Gasteiger partial charge in [0.05, 0.1) is 12.2 Å². The van der Waals surface area contributed by atoms with Crippen molar-refractivity contribution in [2.75, 3.05) is 6.54 Å². The van der Waals surface area contributed by atoms with Gasteiger partial charge in [-0.15, -0.1) is 0 Å². The maximum atomic E-state index is 13.1. The number of benzene rings is 2. The molecule has 30 heavy (non-hydrogen) atoms. The first kappa shape index (κ1) is 20.1. The van der Waals surface area contributed by atoms with E-state index < -0.39 is 17.2 Å². The van der Waals surface area contributed by atoms with Crippen LogP contribution in [0.1, 0.15) is 34.5 Å². The Labute approximate surface area is 177 Å². The Hall–Kier alpha value is -3.19. The lowest BCUT2D eigenvalue weighted by Crippen LogP contribution is -2.46. The molecule has 2 aromatic carbocycles. The number of rotatable bonds is 6. The van der Waals surface area contributed by atoms with Crippen LogP contribution in [0.2, 0.25) is 5.02 Å².